The standard InChI is InChI=1S/C29H22BrN3O7/c1-39-22-11-8-16(13-18(22)30)27(34)26-25-24(20-10-7-15-5-3-4-6-19(15)31(20)26)28(35)32(29(25)36)21-14-17(33(37)38)9-12-23(21)40-2/h3-14,20,24-26H,1-2H3/t20-,24-,25-,26+/m0/s1. The molecule has 0 aromatic heterocycles. The van der Waals surface area contributed by atoms with Gasteiger partial charge >= 0.3 is 0 Å². The number of hydrogen-bond donors (Lipinski definition) is 0. The van der Waals surface area contributed by atoms with Crippen LogP contribution in [0.3, 0.4) is 0 Å². The van der Waals surface area contributed by atoms with E-state index >= 15 is 0 Å². The monoisotopic (exact) mass is 603 g/mol. The molecular formula is C29H22BrN3O7. The fraction of sp³-hybridized carbons (Fsp3) is 0.207. The average molecular weight is 604 g/mol. The smallest absolute Gasteiger partial charge is 0.271 e. The topological polar surface area (TPSA) is 119 Å². The summed E-state index contributed by atoms with van der Waals surface area (Å²) in [5, 5.41) is 11.5. The fourth-order valence-electron chi connectivity index (χ4n) is 6.01. The third kappa shape index (κ3) is 3.72. The number of amides is 2. The first-order valence-corrected chi connectivity index (χ1v) is 13.2. The number of benzene rings is 3. The molecule has 0 spiro atoms. The maximum Gasteiger partial charge on any atom is 0.271 e. The van der Waals surface area contributed by atoms with E-state index in [4.69, 9.17) is 9.47 Å². The van der Waals surface area contributed by atoms with Crippen LogP contribution < -0.4 is 19.3 Å². The summed E-state index contributed by atoms with van der Waals surface area (Å²) in [6.45, 7) is 0. The van der Waals surface area contributed by atoms with Gasteiger partial charge < -0.3 is 14.4 Å². The predicted molar refractivity (Wildman–Crippen MR) is 150 cm³/mol. The number of nitro groups is 1. The third-order valence-corrected chi connectivity index (χ3v) is 8.35. The molecule has 3 aromatic carbocycles. The molecule has 0 bridgehead atoms. The summed E-state index contributed by atoms with van der Waals surface area (Å²) in [6.07, 6.45) is 3.73. The number of nitro benzene ring substituents is 1. The second-order valence-electron chi connectivity index (χ2n) is 9.65. The Morgan fingerprint density at radius 2 is 1.62 bits per heavy atom. The number of rotatable bonds is 6. The number of para-hydroxylation sites is 1. The van der Waals surface area contributed by atoms with Crippen molar-refractivity contribution in [3.05, 3.63) is 92.5 Å². The van der Waals surface area contributed by atoms with Crippen LogP contribution in [-0.4, -0.2) is 48.8 Å². The largest absolute Gasteiger partial charge is 0.496 e. The number of halogens is 1. The molecule has 10 nitrogen and oxygen atoms in total. The van der Waals surface area contributed by atoms with Gasteiger partial charge in [0.15, 0.2) is 5.78 Å². The highest BCUT2D eigenvalue weighted by Crippen LogP contribution is 2.51. The van der Waals surface area contributed by atoms with Crippen molar-refractivity contribution in [2.45, 2.75) is 12.1 Å². The molecule has 202 valence electrons. The molecule has 3 aromatic rings. The first-order chi connectivity index (χ1) is 19.3. The van der Waals surface area contributed by atoms with Gasteiger partial charge in [0.2, 0.25) is 11.8 Å². The fourth-order valence-corrected chi connectivity index (χ4v) is 6.55. The molecule has 0 N–H and O–H groups in total. The molecule has 0 saturated carbocycles. The van der Waals surface area contributed by atoms with E-state index in [9.17, 15) is 24.5 Å². The van der Waals surface area contributed by atoms with Crippen LogP contribution in [0.4, 0.5) is 17.1 Å². The van der Waals surface area contributed by atoms with Crippen molar-refractivity contribution in [2.24, 2.45) is 11.8 Å². The lowest BCUT2D eigenvalue weighted by Crippen LogP contribution is -2.48. The Morgan fingerprint density at radius 3 is 2.33 bits per heavy atom. The van der Waals surface area contributed by atoms with Gasteiger partial charge in [-0.05, 0) is 51.8 Å². The lowest BCUT2D eigenvalue weighted by Gasteiger charge is -2.36. The van der Waals surface area contributed by atoms with Gasteiger partial charge in [-0.3, -0.25) is 24.5 Å². The Bertz CT molecular complexity index is 1640. The predicted octanol–water partition coefficient (Wildman–Crippen LogP) is 4.65. The first-order valence-electron chi connectivity index (χ1n) is 12.4. The highest BCUT2D eigenvalue weighted by Gasteiger charge is 2.64. The van der Waals surface area contributed by atoms with Gasteiger partial charge in [0.05, 0.1) is 41.5 Å². The summed E-state index contributed by atoms with van der Waals surface area (Å²) >= 11 is 3.43. The lowest BCUT2D eigenvalue weighted by molar-refractivity contribution is -0.384. The van der Waals surface area contributed by atoms with Crippen molar-refractivity contribution in [3.8, 4) is 11.5 Å². The zero-order valence-corrected chi connectivity index (χ0v) is 22.9. The number of non-ortho nitro benzene ring substituents is 1. The number of Topliss-reactive ketones (excluding diaryl/α,β-unsaturated/α-hetero) is 1. The molecule has 3 heterocycles. The molecule has 4 atom stereocenters. The van der Waals surface area contributed by atoms with E-state index in [2.05, 4.69) is 15.9 Å². The molecule has 0 aliphatic carbocycles. The number of fused-ring (bicyclic) bond motifs is 5. The molecule has 11 heteroatoms. The number of imide groups is 1. The average Bonchev–Trinajstić information content (AvgIpc) is 3.44. The number of methoxy groups -OCH3 is 2. The summed E-state index contributed by atoms with van der Waals surface area (Å²) in [5.41, 5.74) is 1.64. The molecule has 6 rings (SSSR count). The summed E-state index contributed by atoms with van der Waals surface area (Å²) in [5.74, 6) is -2.74. The van der Waals surface area contributed by atoms with E-state index in [1.807, 2.05) is 41.3 Å². The minimum atomic E-state index is -1.04. The second kappa shape index (κ2) is 9.60. The van der Waals surface area contributed by atoms with E-state index in [0.717, 1.165) is 22.2 Å². The van der Waals surface area contributed by atoms with Crippen LogP contribution in [0.5, 0.6) is 11.5 Å². The van der Waals surface area contributed by atoms with Gasteiger partial charge in [-0.15, -0.1) is 0 Å². The van der Waals surface area contributed by atoms with E-state index in [-0.39, 0.29) is 22.9 Å². The highest BCUT2D eigenvalue weighted by molar-refractivity contribution is 9.10. The van der Waals surface area contributed by atoms with Gasteiger partial charge in [-0.2, -0.15) is 0 Å². The minimum Gasteiger partial charge on any atom is -0.496 e. The summed E-state index contributed by atoms with van der Waals surface area (Å²) < 4.78 is 11.2. The number of nitrogens with zero attached hydrogens (tertiary/aromatic N) is 3. The minimum absolute atomic E-state index is 0.0220. The van der Waals surface area contributed by atoms with Crippen LogP contribution in [0.25, 0.3) is 6.08 Å². The highest BCUT2D eigenvalue weighted by atomic mass is 79.9. The maximum absolute atomic E-state index is 14.2. The van der Waals surface area contributed by atoms with Crippen molar-refractivity contribution < 1.29 is 28.8 Å². The molecular weight excluding hydrogens is 582 g/mol. The van der Waals surface area contributed by atoms with Gasteiger partial charge in [-0.1, -0.05) is 30.4 Å². The third-order valence-electron chi connectivity index (χ3n) is 7.73. The zero-order chi connectivity index (χ0) is 28.3. The Balaban J connectivity index is 1.50. The molecule has 40 heavy (non-hydrogen) atoms. The van der Waals surface area contributed by atoms with Crippen molar-refractivity contribution in [3.63, 3.8) is 0 Å². The summed E-state index contributed by atoms with van der Waals surface area (Å²) in [4.78, 5) is 56.2. The Hall–Kier alpha value is -4.51. The SMILES string of the molecule is COc1ccc(C(=O)[C@H]2[C@H]3C(=O)N(c4cc([N+](=O)[O-])ccc4OC)C(=O)[C@H]3[C@@H]3C=Cc4ccccc4N32)cc1Br. The van der Waals surface area contributed by atoms with Gasteiger partial charge in [0, 0.05) is 23.4 Å². The van der Waals surface area contributed by atoms with Gasteiger partial charge in [0.1, 0.15) is 23.2 Å². The van der Waals surface area contributed by atoms with Crippen LogP contribution >= 0.6 is 15.9 Å². The number of carbonyl (C=O) groups is 3. The molecule has 3 aliphatic heterocycles. The van der Waals surface area contributed by atoms with Crippen LogP contribution in [0.1, 0.15) is 15.9 Å². The van der Waals surface area contributed by atoms with Crippen LogP contribution in [0, 0.1) is 22.0 Å². The number of hydrogen-bond acceptors (Lipinski definition) is 8. The Morgan fingerprint density at radius 1 is 0.925 bits per heavy atom. The maximum atomic E-state index is 14.2. The molecule has 2 fully saturated rings. The van der Waals surface area contributed by atoms with Gasteiger partial charge in [0.25, 0.3) is 5.69 Å². The van der Waals surface area contributed by atoms with Crippen molar-refractivity contribution in [2.75, 3.05) is 24.0 Å². The van der Waals surface area contributed by atoms with Crippen molar-refractivity contribution in [1.29, 1.82) is 0 Å². The van der Waals surface area contributed by atoms with Crippen LogP contribution in [-0.2, 0) is 9.59 Å². The van der Waals surface area contributed by atoms with Gasteiger partial charge in [-0.25, -0.2) is 4.90 Å². The molecule has 2 saturated heterocycles. The van der Waals surface area contributed by atoms with E-state index < -0.39 is 40.7 Å². The Kier molecular flexibility index (Phi) is 6.18. The molecule has 0 radical (unpaired) electrons. The Labute approximate surface area is 237 Å². The van der Waals surface area contributed by atoms with E-state index in [1.54, 1.807) is 18.2 Å². The van der Waals surface area contributed by atoms with Crippen molar-refractivity contribution in [1.82, 2.24) is 0 Å². The number of ether oxygens (including phenoxy) is 2. The normalized spacial score (nSPS) is 22.6. The lowest BCUT2D eigenvalue weighted by atomic mass is 9.86. The second-order valence-corrected chi connectivity index (χ2v) is 10.5. The first kappa shape index (κ1) is 25.8. The summed E-state index contributed by atoms with van der Waals surface area (Å²) in [7, 11) is 2.87. The number of anilines is 2. The quantitative estimate of drug-likeness (QED) is 0.173. The molecule has 2 amide bonds. The molecule has 0 unspecified atom stereocenters. The van der Waals surface area contributed by atoms with Crippen LogP contribution in [0.2, 0.25) is 0 Å². The zero-order valence-electron chi connectivity index (χ0n) is 21.3. The van der Waals surface area contributed by atoms with E-state index in [1.165, 1.54) is 26.4 Å². The van der Waals surface area contributed by atoms with Crippen LogP contribution in [0.15, 0.2) is 71.2 Å². The molecule has 3 aliphatic rings. The summed E-state index contributed by atoms with van der Waals surface area (Å²) in [6, 6.07) is 14.6. The van der Waals surface area contributed by atoms with Crippen molar-refractivity contribution >= 4 is 56.7 Å². The number of ketones is 1. The van der Waals surface area contributed by atoms with E-state index in [0.29, 0.717) is 15.8 Å². The number of carbonyl (C=O) groups excluding carboxylic acids is 3.